The van der Waals surface area contributed by atoms with Crippen molar-refractivity contribution in [3.8, 4) is 0 Å². The average molecular weight is 406 g/mol. The smallest absolute Gasteiger partial charge is 0.244 e. The molecule has 0 radical (unpaired) electrons. The predicted octanol–water partition coefficient (Wildman–Crippen LogP) is 4.47. The van der Waals surface area contributed by atoms with Crippen LogP contribution in [0.3, 0.4) is 0 Å². The Hall–Kier alpha value is -3.54. The Balaban J connectivity index is 1.72. The zero-order valence-corrected chi connectivity index (χ0v) is 16.1. The maximum atomic E-state index is 14.1. The number of carbonyl (C=O) groups is 2. The SMILES string of the molecule is O=C1CN(C(=O)CCc2ccccc2)C(c2ccc(F)cc2)c2cc(F)ccc2N1. The molecule has 1 unspecified atom stereocenters. The molecule has 152 valence electrons. The lowest BCUT2D eigenvalue weighted by atomic mass is 9.95. The van der Waals surface area contributed by atoms with Gasteiger partial charge in [0.2, 0.25) is 11.8 Å². The second-order valence-corrected chi connectivity index (χ2v) is 7.24. The van der Waals surface area contributed by atoms with Crippen LogP contribution in [0.4, 0.5) is 14.5 Å². The molecule has 0 spiro atoms. The minimum atomic E-state index is -0.710. The summed E-state index contributed by atoms with van der Waals surface area (Å²) in [4.78, 5) is 27.1. The van der Waals surface area contributed by atoms with Crippen LogP contribution in [-0.4, -0.2) is 23.3 Å². The van der Waals surface area contributed by atoms with Gasteiger partial charge in [0.25, 0.3) is 0 Å². The highest BCUT2D eigenvalue weighted by molar-refractivity contribution is 5.97. The molecule has 1 heterocycles. The number of nitrogens with zero attached hydrogens (tertiary/aromatic N) is 1. The van der Waals surface area contributed by atoms with Crippen LogP contribution in [-0.2, 0) is 16.0 Å². The number of hydrogen-bond donors (Lipinski definition) is 1. The van der Waals surface area contributed by atoms with Gasteiger partial charge in [-0.3, -0.25) is 9.59 Å². The fraction of sp³-hybridized carbons (Fsp3) is 0.167. The first-order valence-corrected chi connectivity index (χ1v) is 9.69. The van der Waals surface area contributed by atoms with Gasteiger partial charge in [0.15, 0.2) is 0 Å². The molecule has 1 aliphatic rings. The van der Waals surface area contributed by atoms with E-state index in [4.69, 9.17) is 0 Å². The van der Waals surface area contributed by atoms with Gasteiger partial charge in [-0.05, 0) is 47.9 Å². The maximum Gasteiger partial charge on any atom is 0.244 e. The quantitative estimate of drug-likeness (QED) is 0.695. The Morgan fingerprint density at radius 1 is 0.967 bits per heavy atom. The molecule has 4 rings (SSSR count). The Bertz CT molecular complexity index is 1070. The van der Waals surface area contributed by atoms with Crippen molar-refractivity contribution in [2.75, 3.05) is 11.9 Å². The van der Waals surface area contributed by atoms with Gasteiger partial charge in [-0.25, -0.2) is 8.78 Å². The number of halogens is 2. The van der Waals surface area contributed by atoms with Crippen molar-refractivity contribution in [1.29, 1.82) is 0 Å². The highest BCUT2D eigenvalue weighted by Gasteiger charge is 2.33. The molecule has 1 atom stereocenters. The summed E-state index contributed by atoms with van der Waals surface area (Å²) in [5.74, 6) is -1.49. The molecule has 0 aromatic heterocycles. The van der Waals surface area contributed by atoms with Gasteiger partial charge in [-0.1, -0.05) is 42.5 Å². The molecular weight excluding hydrogens is 386 g/mol. The molecule has 0 fully saturated rings. The molecule has 30 heavy (non-hydrogen) atoms. The van der Waals surface area contributed by atoms with E-state index in [9.17, 15) is 18.4 Å². The van der Waals surface area contributed by atoms with Gasteiger partial charge in [-0.15, -0.1) is 0 Å². The summed E-state index contributed by atoms with van der Waals surface area (Å²) in [6.45, 7) is -0.175. The van der Waals surface area contributed by atoms with E-state index in [1.54, 1.807) is 12.1 Å². The fourth-order valence-electron chi connectivity index (χ4n) is 3.75. The lowest BCUT2D eigenvalue weighted by molar-refractivity contribution is -0.136. The van der Waals surface area contributed by atoms with E-state index in [1.165, 1.54) is 35.2 Å². The van der Waals surface area contributed by atoms with Crippen LogP contribution < -0.4 is 5.32 Å². The third kappa shape index (κ3) is 4.22. The van der Waals surface area contributed by atoms with Crippen molar-refractivity contribution >= 4 is 17.5 Å². The van der Waals surface area contributed by atoms with Crippen molar-refractivity contribution in [3.05, 3.63) is 101 Å². The highest BCUT2D eigenvalue weighted by Crippen LogP contribution is 2.36. The molecule has 6 heteroatoms. The van der Waals surface area contributed by atoms with E-state index < -0.39 is 17.7 Å². The normalized spacial score (nSPS) is 15.9. The second kappa shape index (κ2) is 8.45. The summed E-state index contributed by atoms with van der Waals surface area (Å²) in [7, 11) is 0. The number of benzene rings is 3. The molecule has 0 saturated carbocycles. The molecule has 3 aromatic rings. The predicted molar refractivity (Wildman–Crippen MR) is 110 cm³/mol. The summed E-state index contributed by atoms with van der Waals surface area (Å²) < 4.78 is 27.6. The van der Waals surface area contributed by atoms with Gasteiger partial charge in [-0.2, -0.15) is 0 Å². The monoisotopic (exact) mass is 406 g/mol. The summed E-state index contributed by atoms with van der Waals surface area (Å²) in [5, 5.41) is 2.75. The number of aryl methyl sites for hydroxylation is 1. The van der Waals surface area contributed by atoms with Gasteiger partial charge < -0.3 is 10.2 Å². The number of nitrogens with one attached hydrogen (secondary N) is 1. The molecular formula is C24H20F2N2O2. The van der Waals surface area contributed by atoms with E-state index in [2.05, 4.69) is 5.32 Å². The Kier molecular flexibility index (Phi) is 5.57. The van der Waals surface area contributed by atoms with Crippen LogP contribution >= 0.6 is 0 Å². The van der Waals surface area contributed by atoms with E-state index in [1.807, 2.05) is 30.3 Å². The van der Waals surface area contributed by atoms with Crippen LogP contribution in [0.15, 0.2) is 72.8 Å². The topological polar surface area (TPSA) is 49.4 Å². The average Bonchev–Trinajstić information content (AvgIpc) is 2.89. The molecule has 2 amide bonds. The lowest BCUT2D eigenvalue weighted by Gasteiger charge is -2.30. The molecule has 0 saturated heterocycles. The van der Waals surface area contributed by atoms with Crippen LogP contribution in [0.2, 0.25) is 0 Å². The molecule has 0 bridgehead atoms. The molecule has 3 aromatic carbocycles. The fourth-order valence-corrected chi connectivity index (χ4v) is 3.75. The number of fused-ring (bicyclic) bond motifs is 1. The number of rotatable bonds is 4. The highest BCUT2D eigenvalue weighted by atomic mass is 19.1. The molecule has 1 aliphatic heterocycles. The molecule has 4 nitrogen and oxygen atoms in total. The first kappa shape index (κ1) is 19.8. The number of anilines is 1. The van der Waals surface area contributed by atoms with Crippen molar-refractivity contribution in [2.45, 2.75) is 18.9 Å². The number of amides is 2. The summed E-state index contributed by atoms with van der Waals surface area (Å²) >= 11 is 0. The zero-order chi connectivity index (χ0) is 21.1. The van der Waals surface area contributed by atoms with Crippen LogP contribution in [0.5, 0.6) is 0 Å². The largest absolute Gasteiger partial charge is 0.324 e. The third-order valence-corrected chi connectivity index (χ3v) is 5.18. The van der Waals surface area contributed by atoms with Gasteiger partial charge >= 0.3 is 0 Å². The van der Waals surface area contributed by atoms with Crippen LogP contribution in [0, 0.1) is 11.6 Å². The van der Waals surface area contributed by atoms with Gasteiger partial charge in [0, 0.05) is 17.7 Å². The van der Waals surface area contributed by atoms with E-state index in [-0.39, 0.29) is 24.8 Å². The Morgan fingerprint density at radius 2 is 1.67 bits per heavy atom. The van der Waals surface area contributed by atoms with Crippen LogP contribution in [0.25, 0.3) is 0 Å². The van der Waals surface area contributed by atoms with E-state index >= 15 is 0 Å². The van der Waals surface area contributed by atoms with Crippen molar-refractivity contribution in [3.63, 3.8) is 0 Å². The number of hydrogen-bond acceptors (Lipinski definition) is 2. The molecule has 1 N–H and O–H groups in total. The minimum Gasteiger partial charge on any atom is -0.324 e. The first-order chi connectivity index (χ1) is 14.5. The van der Waals surface area contributed by atoms with Crippen LogP contribution in [0.1, 0.15) is 29.2 Å². The summed E-state index contributed by atoms with van der Waals surface area (Å²) in [6.07, 6.45) is 0.712. The standard InChI is InChI=1S/C24H20F2N2O2/c25-18-9-7-17(8-10-18)24-20-14-19(26)11-12-21(20)27-22(29)15-28(24)23(30)13-6-16-4-2-1-3-5-16/h1-5,7-12,14,24H,6,13,15H2,(H,27,29). The summed E-state index contributed by atoms with van der Waals surface area (Å²) in [6, 6.07) is 18.6. The van der Waals surface area contributed by atoms with Crippen molar-refractivity contribution < 1.29 is 18.4 Å². The third-order valence-electron chi connectivity index (χ3n) is 5.18. The second-order valence-electron chi connectivity index (χ2n) is 7.24. The first-order valence-electron chi connectivity index (χ1n) is 9.69. The van der Waals surface area contributed by atoms with E-state index in [0.717, 1.165) is 5.56 Å². The van der Waals surface area contributed by atoms with Gasteiger partial charge in [0.05, 0.1) is 6.04 Å². The van der Waals surface area contributed by atoms with Crippen molar-refractivity contribution in [1.82, 2.24) is 4.90 Å². The molecule has 0 aliphatic carbocycles. The lowest BCUT2D eigenvalue weighted by Crippen LogP contribution is -2.39. The zero-order valence-electron chi connectivity index (χ0n) is 16.1. The minimum absolute atomic E-state index is 0.175. The van der Waals surface area contributed by atoms with Gasteiger partial charge in [0.1, 0.15) is 18.2 Å². The van der Waals surface area contributed by atoms with Crippen molar-refractivity contribution in [2.24, 2.45) is 0 Å². The number of carbonyl (C=O) groups excluding carboxylic acids is 2. The Morgan fingerprint density at radius 3 is 2.40 bits per heavy atom. The summed E-state index contributed by atoms with van der Waals surface area (Å²) in [5.41, 5.74) is 2.51. The maximum absolute atomic E-state index is 14.1. The van der Waals surface area contributed by atoms with E-state index in [0.29, 0.717) is 23.2 Å². The Labute approximate surface area is 173 Å².